The normalized spacial score (nSPS) is 10.7. The Morgan fingerprint density at radius 2 is 2.25 bits per heavy atom. The van der Waals surface area contributed by atoms with Crippen molar-refractivity contribution >= 4 is 44.4 Å². The summed E-state index contributed by atoms with van der Waals surface area (Å²) < 4.78 is 5.18. The zero-order valence-electron chi connectivity index (χ0n) is 8.17. The summed E-state index contributed by atoms with van der Waals surface area (Å²) in [6.07, 6.45) is 0. The summed E-state index contributed by atoms with van der Waals surface area (Å²) in [6, 6.07) is 3.43. The zero-order valence-corrected chi connectivity index (χ0v) is 10.5. The minimum absolute atomic E-state index is 0.00231. The van der Waals surface area contributed by atoms with Gasteiger partial charge in [0.1, 0.15) is 0 Å². The summed E-state index contributed by atoms with van der Waals surface area (Å²) in [5, 5.41) is 10.6. The summed E-state index contributed by atoms with van der Waals surface area (Å²) in [7, 11) is 1.24. The van der Waals surface area contributed by atoms with E-state index in [4.69, 9.17) is 11.6 Å². The maximum Gasteiger partial charge on any atom is 0.358 e. The molecule has 0 spiro atoms. The van der Waals surface area contributed by atoms with Gasteiger partial charge in [-0.3, -0.25) is 0 Å². The van der Waals surface area contributed by atoms with Crippen LogP contribution in [0.3, 0.4) is 0 Å². The highest BCUT2D eigenvalue weighted by atomic mass is 79.9. The van der Waals surface area contributed by atoms with Crippen LogP contribution in [0.5, 0.6) is 5.75 Å². The molecule has 84 valence electrons. The van der Waals surface area contributed by atoms with Crippen LogP contribution in [0.15, 0.2) is 16.6 Å². The second-order valence-corrected chi connectivity index (χ2v) is 4.36. The van der Waals surface area contributed by atoms with Gasteiger partial charge in [0.05, 0.1) is 23.0 Å². The van der Waals surface area contributed by atoms with Crippen molar-refractivity contribution in [1.82, 2.24) is 4.98 Å². The van der Waals surface area contributed by atoms with Gasteiger partial charge < -0.3 is 14.8 Å². The molecule has 4 nitrogen and oxygen atoms in total. The topological polar surface area (TPSA) is 62.3 Å². The number of carbonyl (C=O) groups is 1. The van der Waals surface area contributed by atoms with Crippen molar-refractivity contribution in [1.29, 1.82) is 0 Å². The molecule has 0 saturated heterocycles. The van der Waals surface area contributed by atoms with E-state index in [0.717, 1.165) is 0 Å². The average molecular weight is 305 g/mol. The number of hydrogen-bond acceptors (Lipinski definition) is 3. The van der Waals surface area contributed by atoms with E-state index in [9.17, 15) is 9.90 Å². The molecule has 16 heavy (non-hydrogen) atoms. The zero-order chi connectivity index (χ0) is 11.9. The van der Waals surface area contributed by atoms with E-state index in [-0.39, 0.29) is 11.4 Å². The molecule has 1 aromatic heterocycles. The first-order valence-corrected chi connectivity index (χ1v) is 5.50. The molecule has 2 aromatic rings. The molecule has 0 aliphatic heterocycles. The smallest absolute Gasteiger partial charge is 0.358 e. The van der Waals surface area contributed by atoms with E-state index in [1.807, 2.05) is 0 Å². The van der Waals surface area contributed by atoms with E-state index < -0.39 is 5.97 Å². The van der Waals surface area contributed by atoms with Crippen molar-refractivity contribution < 1.29 is 14.6 Å². The molecule has 0 aliphatic rings. The second-order valence-electron chi connectivity index (χ2n) is 3.12. The third-order valence-corrected chi connectivity index (χ3v) is 3.50. The van der Waals surface area contributed by atoms with Crippen LogP contribution < -0.4 is 0 Å². The molecule has 0 atom stereocenters. The highest BCUT2D eigenvalue weighted by Gasteiger charge is 2.20. The van der Waals surface area contributed by atoms with Crippen LogP contribution in [0.4, 0.5) is 0 Å². The number of aromatic hydroxyl groups is 1. The molecule has 0 saturated carbocycles. The van der Waals surface area contributed by atoms with Gasteiger partial charge in [-0.05, 0) is 28.1 Å². The van der Waals surface area contributed by atoms with Crippen LogP contribution in [-0.4, -0.2) is 23.2 Å². The Kier molecular flexibility index (Phi) is 2.82. The maximum atomic E-state index is 11.3. The van der Waals surface area contributed by atoms with Gasteiger partial charge in [0.2, 0.25) is 0 Å². The fourth-order valence-corrected chi connectivity index (χ4v) is 2.04. The lowest BCUT2D eigenvalue weighted by atomic mass is 10.2. The molecule has 1 aromatic carbocycles. The third kappa shape index (κ3) is 1.56. The number of aromatic amines is 1. The van der Waals surface area contributed by atoms with Crippen molar-refractivity contribution in [3.63, 3.8) is 0 Å². The molecular weight excluding hydrogens is 297 g/mol. The SMILES string of the molecule is COC(=O)c1[nH]c2ccc(Br)c(Cl)c2c1O. The van der Waals surface area contributed by atoms with Gasteiger partial charge in [0, 0.05) is 4.47 Å². The van der Waals surface area contributed by atoms with E-state index in [0.29, 0.717) is 20.4 Å². The fourth-order valence-electron chi connectivity index (χ4n) is 1.45. The monoisotopic (exact) mass is 303 g/mol. The molecular formula is C10H7BrClNO3. The minimum Gasteiger partial charge on any atom is -0.505 e. The first-order chi connectivity index (χ1) is 7.56. The number of ether oxygens (including phenoxy) is 1. The number of halogens is 2. The maximum absolute atomic E-state index is 11.3. The fraction of sp³-hybridized carbons (Fsp3) is 0.100. The summed E-state index contributed by atoms with van der Waals surface area (Å²) in [4.78, 5) is 14.1. The Morgan fingerprint density at radius 1 is 1.56 bits per heavy atom. The quantitative estimate of drug-likeness (QED) is 0.796. The van der Waals surface area contributed by atoms with E-state index in [2.05, 4.69) is 25.7 Å². The molecule has 0 bridgehead atoms. The van der Waals surface area contributed by atoms with Crippen molar-refractivity contribution in [3.8, 4) is 5.75 Å². The summed E-state index contributed by atoms with van der Waals surface area (Å²) in [5.41, 5.74) is 0.573. The van der Waals surface area contributed by atoms with E-state index >= 15 is 0 Å². The number of hydrogen-bond donors (Lipinski definition) is 2. The highest BCUT2D eigenvalue weighted by Crippen LogP contribution is 2.38. The van der Waals surface area contributed by atoms with Crippen LogP contribution in [0.1, 0.15) is 10.5 Å². The molecule has 0 radical (unpaired) electrons. The Hall–Kier alpha value is -1.20. The van der Waals surface area contributed by atoms with Crippen LogP contribution in [-0.2, 0) is 4.74 Å². The molecule has 0 fully saturated rings. The number of carbonyl (C=O) groups excluding carboxylic acids is 1. The summed E-state index contributed by atoms with van der Waals surface area (Å²) in [6.45, 7) is 0. The molecule has 0 amide bonds. The van der Waals surface area contributed by atoms with Crippen LogP contribution >= 0.6 is 27.5 Å². The lowest BCUT2D eigenvalue weighted by Crippen LogP contribution is -2.01. The second kappa shape index (κ2) is 3.99. The number of fused-ring (bicyclic) bond motifs is 1. The van der Waals surface area contributed by atoms with Gasteiger partial charge in [0.25, 0.3) is 0 Å². The molecule has 0 unspecified atom stereocenters. The van der Waals surface area contributed by atoms with Gasteiger partial charge in [-0.25, -0.2) is 4.79 Å². The number of esters is 1. The van der Waals surface area contributed by atoms with Crippen molar-refractivity contribution in [2.75, 3.05) is 7.11 Å². The van der Waals surface area contributed by atoms with Gasteiger partial charge in [-0.2, -0.15) is 0 Å². The van der Waals surface area contributed by atoms with Crippen LogP contribution in [0.25, 0.3) is 10.9 Å². The largest absolute Gasteiger partial charge is 0.505 e. The van der Waals surface area contributed by atoms with E-state index in [1.54, 1.807) is 12.1 Å². The van der Waals surface area contributed by atoms with Gasteiger partial charge >= 0.3 is 5.97 Å². The van der Waals surface area contributed by atoms with E-state index in [1.165, 1.54) is 7.11 Å². The number of aromatic nitrogens is 1. The number of benzene rings is 1. The van der Waals surface area contributed by atoms with Crippen LogP contribution in [0, 0.1) is 0 Å². The lowest BCUT2D eigenvalue weighted by Gasteiger charge is -1.98. The highest BCUT2D eigenvalue weighted by molar-refractivity contribution is 9.10. The first kappa shape index (κ1) is 11.3. The summed E-state index contributed by atoms with van der Waals surface area (Å²) in [5.74, 6) is -0.839. The predicted molar refractivity (Wildman–Crippen MR) is 64.0 cm³/mol. The van der Waals surface area contributed by atoms with Crippen molar-refractivity contribution in [2.24, 2.45) is 0 Å². The number of methoxy groups -OCH3 is 1. The standard InChI is InChI=1S/C10H7BrClNO3/c1-16-10(15)8-9(14)6-5(13-8)3-2-4(11)7(6)12/h2-3,13-14H,1H3. The molecule has 0 aliphatic carbocycles. The third-order valence-electron chi connectivity index (χ3n) is 2.22. The minimum atomic E-state index is -0.638. The Bertz CT molecular complexity index is 579. The first-order valence-electron chi connectivity index (χ1n) is 4.33. The number of H-pyrrole nitrogens is 1. The molecule has 2 rings (SSSR count). The number of nitrogens with one attached hydrogen (secondary N) is 1. The predicted octanol–water partition coefficient (Wildman–Crippen LogP) is 3.08. The Morgan fingerprint density at radius 3 is 2.88 bits per heavy atom. The van der Waals surface area contributed by atoms with Gasteiger partial charge in [-0.1, -0.05) is 11.6 Å². The van der Waals surface area contributed by atoms with Crippen molar-refractivity contribution in [3.05, 3.63) is 27.3 Å². The van der Waals surface area contributed by atoms with Gasteiger partial charge in [0.15, 0.2) is 11.4 Å². The number of rotatable bonds is 1. The Balaban J connectivity index is 2.79. The molecule has 1 heterocycles. The Labute approximate surface area is 104 Å². The summed E-state index contributed by atoms with van der Waals surface area (Å²) >= 11 is 9.25. The molecule has 2 N–H and O–H groups in total. The van der Waals surface area contributed by atoms with Crippen LogP contribution in [0.2, 0.25) is 5.02 Å². The van der Waals surface area contributed by atoms with Crippen molar-refractivity contribution in [2.45, 2.75) is 0 Å². The lowest BCUT2D eigenvalue weighted by molar-refractivity contribution is 0.0592. The molecule has 6 heteroatoms. The average Bonchev–Trinajstić information content (AvgIpc) is 2.61. The van der Waals surface area contributed by atoms with Gasteiger partial charge in [-0.15, -0.1) is 0 Å².